The van der Waals surface area contributed by atoms with E-state index in [9.17, 15) is 34.2 Å². The van der Waals surface area contributed by atoms with Crippen LogP contribution in [0, 0.1) is 5.92 Å². The first-order valence-electron chi connectivity index (χ1n) is 11.7. The lowest BCUT2D eigenvalue weighted by atomic mass is 10.0. The molecule has 0 saturated carbocycles. The minimum absolute atomic E-state index is 0.0512. The molecular weight excluding hydrogens is 504 g/mol. The van der Waals surface area contributed by atoms with E-state index < -0.39 is 66.2 Å². The zero-order chi connectivity index (χ0) is 28.1. The summed E-state index contributed by atoms with van der Waals surface area (Å²) >= 11 is 1.42. The number of amides is 3. The topological polar surface area (TPSA) is 208 Å². The summed E-state index contributed by atoms with van der Waals surface area (Å²) in [5.41, 5.74) is 6.64. The number of phenolic OH excluding ortho intramolecular Hbond substituents is 1. The van der Waals surface area contributed by atoms with E-state index in [1.54, 1.807) is 32.2 Å². The Labute approximate surface area is 219 Å². The average molecular weight is 541 g/mol. The predicted octanol–water partition coefficient (Wildman–Crippen LogP) is 0.0749. The van der Waals surface area contributed by atoms with E-state index in [1.807, 2.05) is 0 Å². The second kappa shape index (κ2) is 15.7. The zero-order valence-electron chi connectivity index (χ0n) is 21.1. The first-order valence-corrected chi connectivity index (χ1v) is 13.1. The summed E-state index contributed by atoms with van der Waals surface area (Å²) in [5.74, 6) is -4.46. The van der Waals surface area contributed by atoms with Crippen molar-refractivity contribution in [3.05, 3.63) is 29.8 Å². The van der Waals surface area contributed by atoms with E-state index in [4.69, 9.17) is 10.8 Å². The summed E-state index contributed by atoms with van der Waals surface area (Å²) in [6.07, 6.45) is 1.41. The lowest BCUT2D eigenvalue weighted by molar-refractivity contribution is -0.143. The lowest BCUT2D eigenvalue weighted by Crippen LogP contribution is -2.58. The van der Waals surface area contributed by atoms with Gasteiger partial charge in [-0.2, -0.15) is 11.8 Å². The Hall–Kier alpha value is -3.32. The van der Waals surface area contributed by atoms with Gasteiger partial charge in [0.2, 0.25) is 17.7 Å². The van der Waals surface area contributed by atoms with Gasteiger partial charge in [0.25, 0.3) is 0 Å². The molecule has 1 aromatic carbocycles. The highest BCUT2D eigenvalue weighted by Gasteiger charge is 2.31. The number of carboxylic acid groups (broad SMARTS) is 2. The van der Waals surface area contributed by atoms with Gasteiger partial charge in [0, 0.05) is 6.42 Å². The number of carbonyl (C=O) groups is 5. The van der Waals surface area contributed by atoms with Crippen molar-refractivity contribution >= 4 is 41.4 Å². The van der Waals surface area contributed by atoms with Crippen molar-refractivity contribution in [2.24, 2.45) is 11.7 Å². The van der Waals surface area contributed by atoms with Crippen LogP contribution < -0.4 is 21.7 Å². The monoisotopic (exact) mass is 540 g/mol. The molecule has 37 heavy (non-hydrogen) atoms. The Bertz CT molecular complexity index is 941. The molecule has 0 aliphatic rings. The smallest absolute Gasteiger partial charge is 0.326 e. The van der Waals surface area contributed by atoms with Crippen LogP contribution in [0.2, 0.25) is 0 Å². The van der Waals surface area contributed by atoms with Gasteiger partial charge in [0.15, 0.2) is 0 Å². The van der Waals surface area contributed by atoms with Crippen LogP contribution in [0.1, 0.15) is 38.7 Å². The van der Waals surface area contributed by atoms with Crippen LogP contribution in [-0.2, 0) is 30.4 Å². The standard InChI is InChI=1S/C24H36N4O8S/c1-13(2)20(24(35)36)28-23(34)18(10-11-37-3)27-22(33)17(8-9-19(30)31)26-21(32)16(25)12-14-4-6-15(29)7-5-14/h4-7,13,16-18,20,29H,8-12,25H2,1-3H3,(H,26,32)(H,27,33)(H,28,34)(H,30,31)(H,35,36). The lowest BCUT2D eigenvalue weighted by Gasteiger charge is -2.26. The molecule has 206 valence electrons. The molecule has 0 radical (unpaired) electrons. The van der Waals surface area contributed by atoms with Crippen LogP contribution in [0.3, 0.4) is 0 Å². The number of benzene rings is 1. The Morgan fingerprint density at radius 2 is 1.43 bits per heavy atom. The first-order chi connectivity index (χ1) is 17.3. The van der Waals surface area contributed by atoms with Crippen molar-refractivity contribution in [3.63, 3.8) is 0 Å². The second-order valence-corrected chi connectivity index (χ2v) is 9.87. The van der Waals surface area contributed by atoms with Crippen LogP contribution in [0.5, 0.6) is 5.75 Å². The molecule has 13 heteroatoms. The Kier molecular flexibility index (Phi) is 13.5. The highest BCUT2D eigenvalue weighted by molar-refractivity contribution is 7.98. The molecule has 4 atom stereocenters. The highest BCUT2D eigenvalue weighted by Crippen LogP contribution is 2.12. The van der Waals surface area contributed by atoms with Crippen LogP contribution in [-0.4, -0.2) is 81.2 Å². The van der Waals surface area contributed by atoms with E-state index in [2.05, 4.69) is 16.0 Å². The minimum atomic E-state index is -1.29. The fraction of sp³-hybridized carbons (Fsp3) is 0.542. The number of rotatable bonds is 16. The number of nitrogens with one attached hydrogen (secondary N) is 3. The van der Waals surface area contributed by atoms with Crippen LogP contribution in [0.25, 0.3) is 0 Å². The number of hydrogen-bond acceptors (Lipinski definition) is 8. The Balaban J connectivity index is 2.98. The predicted molar refractivity (Wildman–Crippen MR) is 138 cm³/mol. The van der Waals surface area contributed by atoms with Gasteiger partial charge in [0.05, 0.1) is 6.04 Å². The summed E-state index contributed by atoms with van der Waals surface area (Å²) < 4.78 is 0. The summed E-state index contributed by atoms with van der Waals surface area (Å²) in [6, 6.07) is 1.44. The number of nitrogens with two attached hydrogens (primary N) is 1. The molecule has 3 amide bonds. The zero-order valence-corrected chi connectivity index (χ0v) is 21.9. The molecule has 0 aliphatic heterocycles. The first kappa shape index (κ1) is 31.7. The third-order valence-electron chi connectivity index (χ3n) is 5.48. The van der Waals surface area contributed by atoms with Crippen molar-refractivity contribution in [3.8, 4) is 5.75 Å². The van der Waals surface area contributed by atoms with Crippen molar-refractivity contribution in [1.82, 2.24) is 16.0 Å². The van der Waals surface area contributed by atoms with E-state index in [1.165, 1.54) is 23.9 Å². The molecule has 12 nitrogen and oxygen atoms in total. The molecule has 1 aromatic rings. The molecular formula is C24H36N4O8S. The van der Waals surface area contributed by atoms with E-state index in [0.717, 1.165) is 0 Å². The van der Waals surface area contributed by atoms with Crippen molar-refractivity contribution in [1.29, 1.82) is 0 Å². The third-order valence-corrected chi connectivity index (χ3v) is 6.13. The van der Waals surface area contributed by atoms with E-state index >= 15 is 0 Å². The number of hydrogen-bond donors (Lipinski definition) is 7. The second-order valence-electron chi connectivity index (χ2n) is 8.88. The van der Waals surface area contributed by atoms with Gasteiger partial charge in [-0.3, -0.25) is 19.2 Å². The van der Waals surface area contributed by atoms with Gasteiger partial charge in [-0.05, 0) is 54.9 Å². The number of aromatic hydroxyl groups is 1. The summed E-state index contributed by atoms with van der Waals surface area (Å²) in [4.78, 5) is 61.2. The normalized spacial score (nSPS) is 14.2. The highest BCUT2D eigenvalue weighted by atomic mass is 32.2. The molecule has 0 aliphatic carbocycles. The van der Waals surface area contributed by atoms with Gasteiger partial charge in [-0.1, -0.05) is 26.0 Å². The number of phenols is 1. The Morgan fingerprint density at radius 1 is 0.892 bits per heavy atom. The molecule has 0 fully saturated rings. The molecule has 0 heterocycles. The SMILES string of the molecule is CSCCC(NC(=O)C(CCC(=O)O)NC(=O)C(N)Cc1ccc(O)cc1)C(=O)NC(C(=O)O)C(C)C. The summed E-state index contributed by atoms with van der Waals surface area (Å²) in [6.45, 7) is 3.26. The van der Waals surface area contributed by atoms with E-state index in [-0.39, 0.29) is 25.0 Å². The van der Waals surface area contributed by atoms with Crippen LogP contribution in [0.15, 0.2) is 24.3 Å². The van der Waals surface area contributed by atoms with Gasteiger partial charge in [0.1, 0.15) is 23.9 Å². The Morgan fingerprint density at radius 3 is 1.95 bits per heavy atom. The quantitative estimate of drug-likeness (QED) is 0.150. The van der Waals surface area contributed by atoms with Gasteiger partial charge < -0.3 is 37.0 Å². The largest absolute Gasteiger partial charge is 0.508 e. The summed E-state index contributed by atoms with van der Waals surface area (Å²) in [7, 11) is 0. The van der Waals surface area contributed by atoms with Crippen molar-refractivity contribution < 1.29 is 39.3 Å². The molecule has 4 unspecified atom stereocenters. The average Bonchev–Trinajstić information content (AvgIpc) is 2.82. The van der Waals surface area contributed by atoms with Crippen molar-refractivity contribution in [2.75, 3.05) is 12.0 Å². The molecule has 0 aromatic heterocycles. The third kappa shape index (κ3) is 11.5. The van der Waals surface area contributed by atoms with Gasteiger partial charge in [-0.15, -0.1) is 0 Å². The minimum Gasteiger partial charge on any atom is -0.508 e. The maximum Gasteiger partial charge on any atom is 0.326 e. The van der Waals surface area contributed by atoms with Gasteiger partial charge in [-0.25, -0.2) is 4.79 Å². The number of aliphatic carboxylic acids is 2. The number of carbonyl (C=O) groups excluding carboxylic acids is 3. The van der Waals surface area contributed by atoms with Gasteiger partial charge >= 0.3 is 11.9 Å². The molecule has 1 rings (SSSR count). The van der Waals surface area contributed by atoms with E-state index in [0.29, 0.717) is 11.3 Å². The number of thioether (sulfide) groups is 1. The molecule has 8 N–H and O–H groups in total. The summed E-state index contributed by atoms with van der Waals surface area (Å²) in [5, 5.41) is 35.3. The fourth-order valence-electron chi connectivity index (χ4n) is 3.34. The van der Waals surface area contributed by atoms with Crippen LogP contribution in [0.4, 0.5) is 0 Å². The maximum absolute atomic E-state index is 13.1. The fourth-order valence-corrected chi connectivity index (χ4v) is 3.81. The molecule has 0 bridgehead atoms. The molecule has 0 spiro atoms. The molecule has 0 saturated heterocycles. The maximum atomic E-state index is 13.1. The number of carboxylic acids is 2. The van der Waals surface area contributed by atoms with Crippen LogP contribution >= 0.6 is 11.8 Å². The van der Waals surface area contributed by atoms with Crippen molar-refractivity contribution in [2.45, 2.75) is 63.7 Å².